The van der Waals surface area contributed by atoms with Gasteiger partial charge in [0, 0.05) is 25.4 Å². The fourth-order valence-corrected chi connectivity index (χ4v) is 2.29. The van der Waals surface area contributed by atoms with Gasteiger partial charge in [-0.15, -0.1) is 11.8 Å². The Labute approximate surface area is 71.5 Å². The van der Waals surface area contributed by atoms with Gasteiger partial charge in [-0.3, -0.25) is 10.2 Å². The molecule has 63 valence electrons. The number of thioether (sulfide) groups is 1. The molecule has 0 aromatic carbocycles. The van der Waals surface area contributed by atoms with E-state index in [1.54, 1.807) is 0 Å². The monoisotopic (exact) mass is 173 g/mol. The first-order valence-electron chi connectivity index (χ1n) is 4.03. The summed E-state index contributed by atoms with van der Waals surface area (Å²) in [6.07, 6.45) is 0. The molecule has 3 nitrogen and oxygen atoms in total. The van der Waals surface area contributed by atoms with E-state index in [1.165, 1.54) is 11.3 Å². The van der Waals surface area contributed by atoms with Gasteiger partial charge in [0.1, 0.15) is 0 Å². The van der Waals surface area contributed by atoms with Gasteiger partial charge in [0.15, 0.2) is 5.50 Å². The lowest BCUT2D eigenvalue weighted by atomic mass is 10.4. The third-order valence-corrected chi connectivity index (χ3v) is 3.00. The molecule has 2 fully saturated rings. The van der Waals surface area contributed by atoms with Crippen molar-refractivity contribution in [2.24, 2.45) is 0 Å². The standard InChI is InChI=1S/C7H13N2OS/c1-6-11-7(8-1)9-2-4-10-5-3-9/h8H,1-6H2. The first-order chi connectivity index (χ1) is 5.47. The van der Waals surface area contributed by atoms with Crippen LogP contribution in [0.4, 0.5) is 0 Å². The van der Waals surface area contributed by atoms with Crippen molar-refractivity contribution in [3.63, 3.8) is 0 Å². The second-order valence-electron chi connectivity index (χ2n) is 2.68. The van der Waals surface area contributed by atoms with Crippen LogP contribution < -0.4 is 5.32 Å². The van der Waals surface area contributed by atoms with Gasteiger partial charge >= 0.3 is 0 Å². The summed E-state index contributed by atoms with van der Waals surface area (Å²) in [6, 6.07) is 0. The largest absolute Gasteiger partial charge is 0.379 e. The maximum atomic E-state index is 5.27. The number of rotatable bonds is 1. The van der Waals surface area contributed by atoms with E-state index in [9.17, 15) is 0 Å². The van der Waals surface area contributed by atoms with Crippen molar-refractivity contribution in [3.8, 4) is 0 Å². The molecule has 2 aliphatic heterocycles. The maximum Gasteiger partial charge on any atom is 0.162 e. The highest BCUT2D eigenvalue weighted by Gasteiger charge is 2.25. The average Bonchev–Trinajstić information content (AvgIpc) is 2.58. The van der Waals surface area contributed by atoms with E-state index >= 15 is 0 Å². The molecule has 0 amide bonds. The van der Waals surface area contributed by atoms with E-state index < -0.39 is 0 Å². The second kappa shape index (κ2) is 3.76. The fourth-order valence-electron chi connectivity index (χ4n) is 1.33. The Kier molecular flexibility index (Phi) is 2.68. The van der Waals surface area contributed by atoms with Crippen molar-refractivity contribution in [2.45, 2.75) is 0 Å². The Morgan fingerprint density at radius 2 is 2.18 bits per heavy atom. The zero-order valence-electron chi connectivity index (χ0n) is 6.51. The molecule has 4 heteroatoms. The van der Waals surface area contributed by atoms with E-state index in [0.29, 0.717) is 0 Å². The van der Waals surface area contributed by atoms with Gasteiger partial charge in [-0.1, -0.05) is 0 Å². The molecular weight excluding hydrogens is 160 g/mol. The lowest BCUT2D eigenvalue weighted by Crippen LogP contribution is -2.41. The second-order valence-corrected chi connectivity index (χ2v) is 3.76. The maximum absolute atomic E-state index is 5.27. The quantitative estimate of drug-likeness (QED) is 0.608. The molecule has 1 N–H and O–H groups in total. The number of nitrogens with one attached hydrogen (secondary N) is 1. The molecular formula is C7H13N2OS. The van der Waals surface area contributed by atoms with Crippen LogP contribution in [0, 0.1) is 5.50 Å². The number of ether oxygens (including phenoxy) is 1. The van der Waals surface area contributed by atoms with Crippen molar-refractivity contribution >= 4 is 11.8 Å². The van der Waals surface area contributed by atoms with Gasteiger partial charge in [0.2, 0.25) is 0 Å². The van der Waals surface area contributed by atoms with Gasteiger partial charge in [-0.2, -0.15) is 0 Å². The van der Waals surface area contributed by atoms with Gasteiger partial charge in [-0.05, 0) is 0 Å². The lowest BCUT2D eigenvalue weighted by Gasteiger charge is -2.30. The Morgan fingerprint density at radius 3 is 2.82 bits per heavy atom. The third-order valence-electron chi connectivity index (χ3n) is 1.92. The van der Waals surface area contributed by atoms with Gasteiger partial charge < -0.3 is 4.74 Å². The fraction of sp³-hybridized carbons (Fsp3) is 0.857. The molecule has 1 radical (unpaired) electrons. The molecule has 0 atom stereocenters. The molecule has 2 rings (SSSR count). The molecule has 0 aromatic rings. The van der Waals surface area contributed by atoms with Crippen LogP contribution in [0.5, 0.6) is 0 Å². The molecule has 0 aliphatic carbocycles. The smallest absolute Gasteiger partial charge is 0.162 e. The van der Waals surface area contributed by atoms with Crippen molar-refractivity contribution in [1.29, 1.82) is 0 Å². The number of morpholine rings is 1. The highest BCUT2D eigenvalue weighted by Crippen LogP contribution is 2.25. The van der Waals surface area contributed by atoms with Gasteiger partial charge in [0.05, 0.1) is 13.2 Å². The minimum Gasteiger partial charge on any atom is -0.379 e. The summed E-state index contributed by atoms with van der Waals surface area (Å²) in [5.74, 6) is 1.21. The first kappa shape index (κ1) is 7.86. The van der Waals surface area contributed by atoms with Crippen molar-refractivity contribution in [3.05, 3.63) is 5.50 Å². The highest BCUT2D eigenvalue weighted by atomic mass is 32.2. The number of hydrogen-bond donors (Lipinski definition) is 1. The molecule has 0 spiro atoms. The summed E-state index contributed by atoms with van der Waals surface area (Å²) in [7, 11) is 0. The summed E-state index contributed by atoms with van der Waals surface area (Å²) in [4.78, 5) is 2.38. The Morgan fingerprint density at radius 1 is 1.36 bits per heavy atom. The Bertz CT molecular complexity index is 122. The topological polar surface area (TPSA) is 24.5 Å². The van der Waals surface area contributed by atoms with Gasteiger partial charge in [-0.25, -0.2) is 0 Å². The number of nitrogens with zero attached hydrogens (tertiary/aromatic N) is 1. The van der Waals surface area contributed by atoms with Gasteiger partial charge in [0.25, 0.3) is 0 Å². The molecule has 0 bridgehead atoms. The Hall–Kier alpha value is 0.230. The van der Waals surface area contributed by atoms with Crippen LogP contribution in [-0.2, 0) is 4.74 Å². The zero-order valence-corrected chi connectivity index (χ0v) is 7.32. The van der Waals surface area contributed by atoms with E-state index in [0.717, 1.165) is 32.8 Å². The molecule has 0 aromatic heterocycles. The Balaban J connectivity index is 1.82. The molecule has 2 saturated heterocycles. The van der Waals surface area contributed by atoms with Crippen LogP contribution >= 0.6 is 11.8 Å². The van der Waals surface area contributed by atoms with E-state index in [1.807, 2.05) is 11.8 Å². The van der Waals surface area contributed by atoms with E-state index in [-0.39, 0.29) is 0 Å². The summed E-state index contributed by atoms with van der Waals surface area (Å²) in [5.41, 5.74) is 1.35. The summed E-state index contributed by atoms with van der Waals surface area (Å²) in [6.45, 7) is 4.99. The van der Waals surface area contributed by atoms with Crippen LogP contribution in [0.15, 0.2) is 0 Å². The minimum atomic E-state index is 0.881. The van der Waals surface area contributed by atoms with Crippen LogP contribution in [0.3, 0.4) is 0 Å². The normalized spacial score (nSPS) is 29.5. The molecule has 0 saturated carbocycles. The predicted octanol–water partition coefficient (Wildman–Crippen LogP) is 0.102. The SMILES string of the molecule is C1CS[C](N2CCOCC2)N1. The number of hydrogen-bond acceptors (Lipinski definition) is 4. The van der Waals surface area contributed by atoms with Crippen molar-refractivity contribution in [1.82, 2.24) is 10.2 Å². The molecule has 2 heterocycles. The third kappa shape index (κ3) is 1.87. The van der Waals surface area contributed by atoms with E-state index in [4.69, 9.17) is 4.74 Å². The first-order valence-corrected chi connectivity index (χ1v) is 5.02. The van der Waals surface area contributed by atoms with Crippen LogP contribution in [-0.4, -0.2) is 43.5 Å². The van der Waals surface area contributed by atoms with Crippen molar-refractivity contribution in [2.75, 3.05) is 38.6 Å². The minimum absolute atomic E-state index is 0.881. The zero-order chi connectivity index (χ0) is 7.52. The lowest BCUT2D eigenvalue weighted by molar-refractivity contribution is 0.0456. The molecule has 11 heavy (non-hydrogen) atoms. The predicted molar refractivity (Wildman–Crippen MR) is 46.1 cm³/mol. The van der Waals surface area contributed by atoms with E-state index in [2.05, 4.69) is 10.2 Å². The van der Waals surface area contributed by atoms with Crippen molar-refractivity contribution < 1.29 is 4.74 Å². The molecule has 2 aliphatic rings. The summed E-state index contributed by atoms with van der Waals surface area (Å²) < 4.78 is 5.27. The van der Waals surface area contributed by atoms with Crippen LogP contribution in [0.1, 0.15) is 0 Å². The van der Waals surface area contributed by atoms with Crippen LogP contribution in [0.25, 0.3) is 0 Å². The summed E-state index contributed by atoms with van der Waals surface area (Å²) >= 11 is 1.92. The highest BCUT2D eigenvalue weighted by molar-refractivity contribution is 8.02. The molecule has 0 unspecified atom stereocenters. The summed E-state index contributed by atoms with van der Waals surface area (Å²) in [5, 5.41) is 3.38. The van der Waals surface area contributed by atoms with Crippen LogP contribution in [0.2, 0.25) is 0 Å². The average molecular weight is 173 g/mol.